The van der Waals surface area contributed by atoms with Gasteiger partial charge >= 0.3 is 0 Å². The highest BCUT2D eigenvalue weighted by Gasteiger charge is 2.18. The summed E-state index contributed by atoms with van der Waals surface area (Å²) in [6, 6.07) is 7.46. The molecule has 1 saturated heterocycles. The maximum atomic E-state index is 11.7. The lowest BCUT2D eigenvalue weighted by atomic mass is 10.0. The van der Waals surface area contributed by atoms with Crippen molar-refractivity contribution in [1.82, 2.24) is 10.6 Å². The molecule has 2 N–H and O–H groups in total. The van der Waals surface area contributed by atoms with Crippen LogP contribution in [0.5, 0.6) is 0 Å². The van der Waals surface area contributed by atoms with Crippen molar-refractivity contribution in [3.8, 4) is 0 Å². The van der Waals surface area contributed by atoms with Crippen molar-refractivity contribution in [1.29, 1.82) is 0 Å². The normalized spacial score (nSPS) is 14.8. The molecule has 0 aliphatic carbocycles. The topological polar surface area (TPSA) is 41.1 Å². The van der Waals surface area contributed by atoms with Gasteiger partial charge in [0.25, 0.3) is 5.91 Å². The van der Waals surface area contributed by atoms with Gasteiger partial charge in [-0.15, -0.1) is 12.4 Å². The summed E-state index contributed by atoms with van der Waals surface area (Å²) in [4.78, 5) is 11.7. The minimum absolute atomic E-state index is 0. The van der Waals surface area contributed by atoms with Crippen molar-refractivity contribution in [2.75, 3.05) is 19.6 Å². The van der Waals surface area contributed by atoms with Crippen molar-refractivity contribution in [2.45, 2.75) is 0 Å². The lowest BCUT2D eigenvalue weighted by Gasteiger charge is -2.27. The van der Waals surface area contributed by atoms with Crippen LogP contribution in [0.2, 0.25) is 0 Å². The lowest BCUT2D eigenvalue weighted by molar-refractivity contribution is 0.0941. The molecule has 16 heavy (non-hydrogen) atoms. The van der Waals surface area contributed by atoms with Crippen LogP contribution < -0.4 is 10.6 Å². The summed E-state index contributed by atoms with van der Waals surface area (Å²) >= 11 is 3.36. The minimum Gasteiger partial charge on any atom is -0.352 e. The molecule has 0 radical (unpaired) electrons. The van der Waals surface area contributed by atoms with Gasteiger partial charge in [-0.3, -0.25) is 4.79 Å². The van der Waals surface area contributed by atoms with Crippen molar-refractivity contribution >= 4 is 34.2 Å². The molecule has 1 aliphatic rings. The maximum absolute atomic E-state index is 11.7. The Hall–Kier alpha value is -0.580. The molecule has 0 atom stereocenters. The molecule has 88 valence electrons. The number of hydrogen-bond donors (Lipinski definition) is 2. The van der Waals surface area contributed by atoms with E-state index in [0.717, 1.165) is 24.1 Å². The largest absolute Gasteiger partial charge is 0.352 e. The van der Waals surface area contributed by atoms with Crippen LogP contribution in [-0.4, -0.2) is 25.5 Å². The fourth-order valence-electron chi connectivity index (χ4n) is 1.47. The van der Waals surface area contributed by atoms with Crippen LogP contribution in [0.25, 0.3) is 0 Å². The summed E-state index contributed by atoms with van der Waals surface area (Å²) in [5.74, 6) is 0.589. The Morgan fingerprint density at radius 3 is 2.69 bits per heavy atom. The maximum Gasteiger partial charge on any atom is 0.252 e. The van der Waals surface area contributed by atoms with Gasteiger partial charge in [0.1, 0.15) is 0 Å². The molecular weight excluding hydrogens is 291 g/mol. The van der Waals surface area contributed by atoms with Crippen LogP contribution >= 0.6 is 28.3 Å². The monoisotopic (exact) mass is 304 g/mol. The van der Waals surface area contributed by atoms with E-state index < -0.39 is 0 Å². The van der Waals surface area contributed by atoms with E-state index >= 15 is 0 Å². The predicted octanol–water partition coefficient (Wildman–Crippen LogP) is 1.82. The van der Waals surface area contributed by atoms with Crippen LogP contribution in [0.3, 0.4) is 0 Å². The van der Waals surface area contributed by atoms with Crippen molar-refractivity contribution < 1.29 is 4.79 Å². The molecule has 0 spiro atoms. The van der Waals surface area contributed by atoms with Gasteiger partial charge in [-0.2, -0.15) is 0 Å². The first kappa shape index (κ1) is 13.5. The quantitative estimate of drug-likeness (QED) is 0.894. The van der Waals surface area contributed by atoms with E-state index in [2.05, 4.69) is 26.6 Å². The third-order valence-corrected chi connectivity index (χ3v) is 3.23. The Morgan fingerprint density at radius 2 is 2.12 bits per heavy atom. The molecule has 1 aromatic carbocycles. The number of benzene rings is 1. The van der Waals surface area contributed by atoms with Crippen LogP contribution in [0, 0.1) is 5.92 Å². The van der Waals surface area contributed by atoms with E-state index in [4.69, 9.17) is 0 Å². The first-order valence-corrected chi connectivity index (χ1v) is 5.80. The highest BCUT2D eigenvalue weighted by Crippen LogP contribution is 2.15. The van der Waals surface area contributed by atoms with Crippen LogP contribution in [0.1, 0.15) is 10.4 Å². The molecule has 1 heterocycles. The molecule has 1 aromatic rings. The van der Waals surface area contributed by atoms with E-state index in [0.29, 0.717) is 11.5 Å². The number of amides is 1. The number of halogens is 2. The molecule has 2 rings (SSSR count). The van der Waals surface area contributed by atoms with Crippen LogP contribution in [-0.2, 0) is 0 Å². The third-order valence-electron chi connectivity index (χ3n) is 2.54. The average Bonchev–Trinajstić information content (AvgIpc) is 2.16. The Bertz CT molecular complexity index is 369. The molecule has 0 saturated carbocycles. The summed E-state index contributed by atoms with van der Waals surface area (Å²) in [6.45, 7) is 2.78. The van der Waals surface area contributed by atoms with Gasteiger partial charge in [0.05, 0.1) is 5.56 Å². The van der Waals surface area contributed by atoms with Gasteiger partial charge in [0.15, 0.2) is 0 Å². The molecule has 5 heteroatoms. The van der Waals surface area contributed by atoms with Gasteiger partial charge < -0.3 is 10.6 Å². The number of carbonyl (C=O) groups is 1. The summed E-state index contributed by atoms with van der Waals surface area (Å²) in [7, 11) is 0. The smallest absolute Gasteiger partial charge is 0.252 e. The van der Waals surface area contributed by atoms with E-state index in [-0.39, 0.29) is 18.3 Å². The Labute approximate surface area is 110 Å². The SMILES string of the molecule is Cl.O=C(NCC1CNC1)c1ccccc1Br. The van der Waals surface area contributed by atoms with Crippen molar-refractivity contribution in [3.63, 3.8) is 0 Å². The Morgan fingerprint density at radius 1 is 1.44 bits per heavy atom. The van der Waals surface area contributed by atoms with Crippen LogP contribution in [0.15, 0.2) is 28.7 Å². The van der Waals surface area contributed by atoms with Gasteiger partial charge in [0.2, 0.25) is 0 Å². The van der Waals surface area contributed by atoms with E-state index in [1.165, 1.54) is 0 Å². The molecule has 3 nitrogen and oxygen atoms in total. The fourth-order valence-corrected chi connectivity index (χ4v) is 1.94. The number of rotatable bonds is 3. The predicted molar refractivity (Wildman–Crippen MR) is 70.1 cm³/mol. The highest BCUT2D eigenvalue weighted by molar-refractivity contribution is 9.10. The Balaban J connectivity index is 0.00000128. The van der Waals surface area contributed by atoms with Gasteiger partial charge in [-0.05, 0) is 28.1 Å². The fraction of sp³-hybridized carbons (Fsp3) is 0.364. The summed E-state index contributed by atoms with van der Waals surface area (Å²) in [6.07, 6.45) is 0. The van der Waals surface area contributed by atoms with Gasteiger partial charge in [0, 0.05) is 30.0 Å². The second kappa shape index (κ2) is 6.23. The molecule has 0 aromatic heterocycles. The van der Waals surface area contributed by atoms with Gasteiger partial charge in [-0.25, -0.2) is 0 Å². The molecule has 1 aliphatic heterocycles. The molecule has 0 unspecified atom stereocenters. The second-order valence-corrected chi connectivity index (χ2v) is 4.57. The summed E-state index contributed by atoms with van der Waals surface area (Å²) in [5.41, 5.74) is 0.699. The molecule has 1 fully saturated rings. The molecule has 1 amide bonds. The first-order chi connectivity index (χ1) is 7.27. The van der Waals surface area contributed by atoms with Crippen molar-refractivity contribution in [3.05, 3.63) is 34.3 Å². The number of hydrogen-bond acceptors (Lipinski definition) is 2. The first-order valence-electron chi connectivity index (χ1n) is 5.01. The van der Waals surface area contributed by atoms with E-state index in [9.17, 15) is 4.79 Å². The summed E-state index contributed by atoms with van der Waals surface area (Å²) < 4.78 is 0.842. The molecular formula is C11H14BrClN2O. The number of nitrogens with one attached hydrogen (secondary N) is 2. The third kappa shape index (κ3) is 3.20. The molecule has 0 bridgehead atoms. The summed E-state index contributed by atoms with van der Waals surface area (Å²) in [5, 5.41) is 6.11. The standard InChI is InChI=1S/C11H13BrN2O.ClH/c12-10-4-2-1-3-9(10)11(15)14-7-8-5-13-6-8;/h1-4,8,13H,5-7H2,(H,14,15);1H. The lowest BCUT2D eigenvalue weighted by Crippen LogP contribution is -2.48. The van der Waals surface area contributed by atoms with E-state index in [1.54, 1.807) is 0 Å². The zero-order valence-electron chi connectivity index (χ0n) is 8.70. The van der Waals surface area contributed by atoms with Crippen molar-refractivity contribution in [2.24, 2.45) is 5.92 Å². The number of carbonyl (C=O) groups excluding carboxylic acids is 1. The Kier molecular flexibility index (Phi) is 5.25. The minimum atomic E-state index is -0.00521. The average molecular weight is 306 g/mol. The zero-order valence-corrected chi connectivity index (χ0v) is 11.1. The van der Waals surface area contributed by atoms with E-state index in [1.807, 2.05) is 24.3 Å². The highest BCUT2D eigenvalue weighted by atomic mass is 79.9. The van der Waals surface area contributed by atoms with Crippen LogP contribution in [0.4, 0.5) is 0 Å². The van der Waals surface area contributed by atoms with Gasteiger partial charge in [-0.1, -0.05) is 12.1 Å². The second-order valence-electron chi connectivity index (χ2n) is 3.71. The zero-order chi connectivity index (χ0) is 10.7.